The van der Waals surface area contributed by atoms with Crippen LogP contribution in [0.25, 0.3) is 0 Å². The van der Waals surface area contributed by atoms with Crippen LogP contribution in [0.4, 0.5) is 0 Å². The van der Waals surface area contributed by atoms with E-state index >= 15 is 0 Å². The summed E-state index contributed by atoms with van der Waals surface area (Å²) in [6.07, 6.45) is 5.32. The van der Waals surface area contributed by atoms with E-state index in [1.807, 2.05) is 4.90 Å². The van der Waals surface area contributed by atoms with Crippen LogP contribution in [0.1, 0.15) is 38.5 Å². The second kappa shape index (κ2) is 4.20. The van der Waals surface area contributed by atoms with Gasteiger partial charge >= 0.3 is 0 Å². The SMILES string of the molecule is O=C1N(C2CCS(=O)(=O)CC2)CNC12CCCC2. The van der Waals surface area contributed by atoms with Crippen molar-refractivity contribution in [1.29, 1.82) is 0 Å². The molecule has 1 N–H and O–H groups in total. The number of hydrogen-bond donors (Lipinski definition) is 1. The van der Waals surface area contributed by atoms with E-state index in [0.717, 1.165) is 25.7 Å². The summed E-state index contributed by atoms with van der Waals surface area (Å²) in [6.45, 7) is 0.601. The minimum atomic E-state index is -2.85. The van der Waals surface area contributed by atoms with E-state index in [9.17, 15) is 13.2 Å². The molecule has 102 valence electrons. The van der Waals surface area contributed by atoms with Gasteiger partial charge in [0.1, 0.15) is 9.84 Å². The zero-order chi connectivity index (χ0) is 12.8. The van der Waals surface area contributed by atoms with E-state index in [1.165, 1.54) is 0 Å². The van der Waals surface area contributed by atoms with Crippen LogP contribution in [0.3, 0.4) is 0 Å². The quantitative estimate of drug-likeness (QED) is 0.744. The van der Waals surface area contributed by atoms with Gasteiger partial charge in [-0.25, -0.2) is 8.42 Å². The van der Waals surface area contributed by atoms with E-state index in [0.29, 0.717) is 19.5 Å². The van der Waals surface area contributed by atoms with E-state index in [2.05, 4.69) is 5.32 Å². The van der Waals surface area contributed by atoms with Gasteiger partial charge in [-0.15, -0.1) is 0 Å². The minimum Gasteiger partial charge on any atom is -0.325 e. The molecule has 2 heterocycles. The zero-order valence-electron chi connectivity index (χ0n) is 10.5. The molecule has 3 rings (SSSR count). The number of nitrogens with zero attached hydrogens (tertiary/aromatic N) is 1. The van der Waals surface area contributed by atoms with Gasteiger partial charge in [0.2, 0.25) is 5.91 Å². The molecule has 5 nitrogen and oxygen atoms in total. The van der Waals surface area contributed by atoms with Crippen molar-refractivity contribution >= 4 is 15.7 Å². The molecule has 0 bridgehead atoms. The Bertz CT molecular complexity index is 440. The third-order valence-electron chi connectivity index (χ3n) is 4.68. The summed E-state index contributed by atoms with van der Waals surface area (Å²) in [5.74, 6) is 0.674. The molecule has 18 heavy (non-hydrogen) atoms. The first-order valence-corrected chi connectivity index (χ1v) is 8.61. The molecule has 3 aliphatic rings. The predicted molar refractivity (Wildman–Crippen MR) is 67.7 cm³/mol. The van der Waals surface area contributed by atoms with Gasteiger partial charge in [-0.2, -0.15) is 0 Å². The normalized spacial score (nSPS) is 31.3. The smallest absolute Gasteiger partial charge is 0.244 e. The Morgan fingerprint density at radius 3 is 2.39 bits per heavy atom. The van der Waals surface area contributed by atoms with Gasteiger partial charge < -0.3 is 4.90 Å². The molecule has 2 aliphatic heterocycles. The lowest BCUT2D eigenvalue weighted by atomic mass is 9.97. The largest absolute Gasteiger partial charge is 0.325 e. The number of nitrogens with one attached hydrogen (secondary N) is 1. The fourth-order valence-electron chi connectivity index (χ4n) is 3.51. The van der Waals surface area contributed by atoms with Crippen molar-refractivity contribution in [3.8, 4) is 0 Å². The number of carbonyl (C=O) groups is 1. The summed E-state index contributed by atoms with van der Waals surface area (Å²) >= 11 is 0. The lowest BCUT2D eigenvalue weighted by Gasteiger charge is -2.31. The molecule has 0 aromatic carbocycles. The maximum absolute atomic E-state index is 12.5. The predicted octanol–water partition coefficient (Wildman–Crippen LogP) is 0.266. The molecular weight excluding hydrogens is 252 g/mol. The number of amides is 1. The Morgan fingerprint density at radius 2 is 1.78 bits per heavy atom. The minimum absolute atomic E-state index is 0.119. The summed E-state index contributed by atoms with van der Waals surface area (Å²) in [6, 6.07) is 0.119. The van der Waals surface area contributed by atoms with Crippen molar-refractivity contribution in [3.05, 3.63) is 0 Å². The summed E-state index contributed by atoms with van der Waals surface area (Å²) in [7, 11) is -2.85. The first-order chi connectivity index (χ1) is 8.53. The molecule has 2 saturated heterocycles. The van der Waals surface area contributed by atoms with Gasteiger partial charge in [-0.3, -0.25) is 10.1 Å². The topological polar surface area (TPSA) is 66.5 Å². The van der Waals surface area contributed by atoms with Crippen molar-refractivity contribution in [2.75, 3.05) is 18.2 Å². The monoisotopic (exact) mass is 272 g/mol. The van der Waals surface area contributed by atoms with Gasteiger partial charge in [0, 0.05) is 6.04 Å². The van der Waals surface area contributed by atoms with Crippen molar-refractivity contribution in [3.63, 3.8) is 0 Å². The lowest BCUT2D eigenvalue weighted by molar-refractivity contribution is -0.134. The first-order valence-electron chi connectivity index (χ1n) is 6.79. The maximum atomic E-state index is 12.5. The molecule has 0 radical (unpaired) electrons. The molecule has 0 atom stereocenters. The average Bonchev–Trinajstić information content (AvgIpc) is 2.91. The van der Waals surface area contributed by atoms with Gasteiger partial charge in [0.25, 0.3) is 0 Å². The number of hydrogen-bond acceptors (Lipinski definition) is 4. The summed E-state index contributed by atoms with van der Waals surface area (Å²) in [5.41, 5.74) is -0.309. The Morgan fingerprint density at radius 1 is 1.17 bits per heavy atom. The van der Waals surface area contributed by atoms with Crippen LogP contribution < -0.4 is 5.32 Å². The van der Waals surface area contributed by atoms with Crippen LogP contribution in [0.2, 0.25) is 0 Å². The fourth-order valence-corrected chi connectivity index (χ4v) is 4.98. The second-order valence-electron chi connectivity index (χ2n) is 5.78. The Balaban J connectivity index is 1.70. The van der Waals surface area contributed by atoms with Gasteiger partial charge in [0.05, 0.1) is 23.7 Å². The molecule has 1 saturated carbocycles. The van der Waals surface area contributed by atoms with Gasteiger partial charge in [0.15, 0.2) is 0 Å². The summed E-state index contributed by atoms with van der Waals surface area (Å²) in [5, 5.41) is 3.38. The number of carbonyl (C=O) groups excluding carboxylic acids is 1. The maximum Gasteiger partial charge on any atom is 0.244 e. The number of sulfone groups is 1. The third kappa shape index (κ3) is 1.95. The van der Waals surface area contributed by atoms with Crippen LogP contribution in [-0.4, -0.2) is 49.0 Å². The highest BCUT2D eigenvalue weighted by atomic mass is 32.2. The van der Waals surface area contributed by atoms with Crippen molar-refractivity contribution in [2.24, 2.45) is 0 Å². The molecule has 0 unspecified atom stereocenters. The highest BCUT2D eigenvalue weighted by molar-refractivity contribution is 7.91. The molecule has 0 aromatic rings. The van der Waals surface area contributed by atoms with Crippen molar-refractivity contribution < 1.29 is 13.2 Å². The second-order valence-corrected chi connectivity index (χ2v) is 8.09. The summed E-state index contributed by atoms with van der Waals surface area (Å²) < 4.78 is 22.8. The molecule has 3 fully saturated rings. The van der Waals surface area contributed by atoms with Gasteiger partial charge in [-0.1, -0.05) is 12.8 Å². The Hall–Kier alpha value is -0.620. The third-order valence-corrected chi connectivity index (χ3v) is 6.40. The fraction of sp³-hybridized carbons (Fsp3) is 0.917. The van der Waals surface area contributed by atoms with Crippen LogP contribution in [-0.2, 0) is 14.6 Å². The first kappa shape index (κ1) is 12.4. The summed E-state index contributed by atoms with van der Waals surface area (Å²) in [4.78, 5) is 14.4. The Kier molecular flexibility index (Phi) is 2.90. The van der Waals surface area contributed by atoms with E-state index < -0.39 is 9.84 Å². The molecule has 1 aliphatic carbocycles. The van der Waals surface area contributed by atoms with Crippen LogP contribution in [0.15, 0.2) is 0 Å². The molecule has 6 heteroatoms. The molecular formula is C12H20N2O3S. The molecule has 1 spiro atoms. The Labute approximate surface area is 108 Å². The highest BCUT2D eigenvalue weighted by Crippen LogP contribution is 2.36. The standard InChI is InChI=1S/C12H20N2O3S/c15-11-12(5-1-2-6-12)13-9-14(11)10-3-7-18(16,17)8-4-10/h10,13H,1-9H2. The zero-order valence-corrected chi connectivity index (χ0v) is 11.3. The average molecular weight is 272 g/mol. The van der Waals surface area contributed by atoms with E-state index in [4.69, 9.17) is 0 Å². The number of rotatable bonds is 1. The molecule has 1 amide bonds. The van der Waals surface area contributed by atoms with Crippen LogP contribution in [0, 0.1) is 0 Å². The van der Waals surface area contributed by atoms with Crippen molar-refractivity contribution in [1.82, 2.24) is 10.2 Å². The van der Waals surface area contributed by atoms with Gasteiger partial charge in [-0.05, 0) is 25.7 Å². The lowest BCUT2D eigenvalue weighted by Crippen LogP contribution is -2.47. The van der Waals surface area contributed by atoms with Crippen LogP contribution >= 0.6 is 0 Å². The molecule has 0 aromatic heterocycles. The van der Waals surface area contributed by atoms with Crippen LogP contribution in [0.5, 0.6) is 0 Å². The van der Waals surface area contributed by atoms with Crippen molar-refractivity contribution in [2.45, 2.75) is 50.1 Å². The van der Waals surface area contributed by atoms with E-state index in [-0.39, 0.29) is 29.0 Å². The highest BCUT2D eigenvalue weighted by Gasteiger charge is 2.49. The van der Waals surface area contributed by atoms with E-state index in [1.54, 1.807) is 0 Å².